The lowest BCUT2D eigenvalue weighted by Crippen LogP contribution is -2.43. The largest absolute Gasteiger partial charge is 0.480 e. The monoisotopic (exact) mass is 237 g/mol. The van der Waals surface area contributed by atoms with Crippen LogP contribution < -0.4 is 5.32 Å². The summed E-state index contributed by atoms with van der Waals surface area (Å²) in [4.78, 5) is 22.7. The van der Waals surface area contributed by atoms with E-state index in [1.807, 2.05) is 0 Å². The summed E-state index contributed by atoms with van der Waals surface area (Å²) in [6.07, 6.45) is 0.781. The lowest BCUT2D eigenvalue weighted by atomic mass is 10.1. The lowest BCUT2D eigenvalue weighted by Gasteiger charge is -2.13. The van der Waals surface area contributed by atoms with Crippen molar-refractivity contribution in [3.05, 3.63) is 35.1 Å². The minimum atomic E-state index is -1.19. The quantitative estimate of drug-likeness (QED) is 0.836. The van der Waals surface area contributed by atoms with Crippen LogP contribution in [0.5, 0.6) is 0 Å². The third-order valence-corrected chi connectivity index (χ3v) is 2.95. The molecule has 0 heterocycles. The summed E-state index contributed by atoms with van der Waals surface area (Å²) < 4.78 is 13.6. The molecule has 1 aromatic carbocycles. The molecule has 0 spiro atoms. The first-order chi connectivity index (χ1) is 7.96. The van der Waals surface area contributed by atoms with Gasteiger partial charge in [-0.05, 0) is 31.4 Å². The normalized spacial score (nSPS) is 16.4. The number of hydrogen-bond donors (Lipinski definition) is 2. The van der Waals surface area contributed by atoms with E-state index >= 15 is 0 Å². The number of carbonyl (C=O) groups excluding carboxylic acids is 1. The van der Waals surface area contributed by atoms with Gasteiger partial charge in [-0.2, -0.15) is 0 Å². The van der Waals surface area contributed by atoms with Gasteiger partial charge in [0, 0.05) is 0 Å². The first kappa shape index (κ1) is 11.6. The first-order valence-corrected chi connectivity index (χ1v) is 5.27. The highest BCUT2D eigenvalue weighted by atomic mass is 19.1. The molecular formula is C12H12FNO3. The van der Waals surface area contributed by atoms with Crippen molar-refractivity contribution in [1.82, 2.24) is 5.32 Å². The molecule has 1 aliphatic rings. The number of halogens is 1. The fraction of sp³-hybridized carbons (Fsp3) is 0.333. The van der Waals surface area contributed by atoms with E-state index in [2.05, 4.69) is 5.32 Å². The highest BCUT2D eigenvalue weighted by Gasteiger charge is 2.51. The molecule has 0 radical (unpaired) electrons. The van der Waals surface area contributed by atoms with E-state index in [0.717, 1.165) is 0 Å². The Morgan fingerprint density at radius 1 is 1.41 bits per heavy atom. The predicted octanol–water partition coefficient (Wildman–Crippen LogP) is 1.48. The van der Waals surface area contributed by atoms with Crippen LogP contribution in [0.4, 0.5) is 4.39 Å². The lowest BCUT2D eigenvalue weighted by molar-refractivity contribution is -0.140. The number of carboxylic acids is 1. The van der Waals surface area contributed by atoms with E-state index in [-0.39, 0.29) is 5.56 Å². The summed E-state index contributed by atoms with van der Waals surface area (Å²) >= 11 is 0. The average molecular weight is 237 g/mol. The third-order valence-electron chi connectivity index (χ3n) is 2.95. The maximum absolute atomic E-state index is 13.6. The van der Waals surface area contributed by atoms with Crippen molar-refractivity contribution in [2.24, 2.45) is 0 Å². The van der Waals surface area contributed by atoms with Crippen LogP contribution in [0.25, 0.3) is 0 Å². The topological polar surface area (TPSA) is 66.4 Å². The molecule has 2 N–H and O–H groups in total. The molecular weight excluding hydrogens is 225 g/mol. The Morgan fingerprint density at radius 3 is 2.59 bits per heavy atom. The van der Waals surface area contributed by atoms with Gasteiger partial charge in [-0.15, -0.1) is 0 Å². The maximum Gasteiger partial charge on any atom is 0.329 e. The maximum atomic E-state index is 13.6. The summed E-state index contributed by atoms with van der Waals surface area (Å²) in [5.41, 5.74) is -0.942. The number of benzene rings is 1. The van der Waals surface area contributed by atoms with Crippen molar-refractivity contribution >= 4 is 11.9 Å². The number of amides is 1. The molecule has 1 aromatic rings. The van der Waals surface area contributed by atoms with Gasteiger partial charge in [-0.3, -0.25) is 4.79 Å². The SMILES string of the molecule is Cc1cccc(C(=O)NC2(C(=O)O)CC2)c1F. The number of nitrogens with one attached hydrogen (secondary N) is 1. The Bertz CT molecular complexity index is 495. The van der Waals surface area contributed by atoms with Crippen LogP contribution in [0.3, 0.4) is 0 Å². The summed E-state index contributed by atoms with van der Waals surface area (Å²) in [5.74, 6) is -2.35. The van der Waals surface area contributed by atoms with Crippen molar-refractivity contribution in [2.75, 3.05) is 0 Å². The highest BCUT2D eigenvalue weighted by Crippen LogP contribution is 2.35. The Labute approximate surface area is 97.4 Å². The number of rotatable bonds is 3. The number of carbonyl (C=O) groups is 2. The summed E-state index contributed by atoms with van der Waals surface area (Å²) in [6, 6.07) is 4.46. The van der Waals surface area contributed by atoms with Crippen molar-refractivity contribution in [3.63, 3.8) is 0 Å². The molecule has 1 fully saturated rings. The Morgan fingerprint density at radius 2 is 2.06 bits per heavy atom. The Kier molecular flexibility index (Phi) is 2.61. The van der Waals surface area contributed by atoms with Gasteiger partial charge in [0.05, 0.1) is 5.56 Å². The molecule has 1 aliphatic carbocycles. The van der Waals surface area contributed by atoms with Crippen molar-refractivity contribution < 1.29 is 19.1 Å². The number of aryl methyl sites for hydroxylation is 1. The molecule has 0 aromatic heterocycles. The number of aliphatic carboxylic acids is 1. The highest BCUT2D eigenvalue weighted by molar-refractivity contribution is 5.99. The van der Waals surface area contributed by atoms with Gasteiger partial charge in [-0.1, -0.05) is 12.1 Å². The summed E-state index contributed by atoms with van der Waals surface area (Å²) in [5, 5.41) is 11.3. The molecule has 0 bridgehead atoms. The molecule has 4 nitrogen and oxygen atoms in total. The minimum absolute atomic E-state index is 0.113. The number of hydrogen-bond acceptors (Lipinski definition) is 2. The van der Waals surface area contributed by atoms with E-state index in [1.165, 1.54) is 6.07 Å². The van der Waals surface area contributed by atoms with Gasteiger partial charge >= 0.3 is 5.97 Å². The predicted molar refractivity (Wildman–Crippen MR) is 58.2 cm³/mol. The zero-order valence-corrected chi connectivity index (χ0v) is 9.29. The standard InChI is InChI=1S/C12H12FNO3/c1-7-3-2-4-8(9(7)13)10(15)14-12(5-6-12)11(16)17/h2-4H,5-6H2,1H3,(H,14,15)(H,16,17). The molecule has 5 heteroatoms. The van der Waals surface area contributed by atoms with Gasteiger partial charge < -0.3 is 10.4 Å². The summed E-state index contributed by atoms with van der Waals surface area (Å²) in [7, 11) is 0. The Hall–Kier alpha value is -1.91. The van der Waals surface area contributed by atoms with Crippen LogP contribution in [0.1, 0.15) is 28.8 Å². The van der Waals surface area contributed by atoms with Gasteiger partial charge in [0.25, 0.3) is 5.91 Å². The van der Waals surface area contributed by atoms with Crippen molar-refractivity contribution in [2.45, 2.75) is 25.3 Å². The van der Waals surface area contributed by atoms with Gasteiger partial charge in [-0.25, -0.2) is 9.18 Å². The zero-order valence-electron chi connectivity index (χ0n) is 9.29. The van der Waals surface area contributed by atoms with Gasteiger partial charge in [0.1, 0.15) is 11.4 Å². The molecule has 2 rings (SSSR count). The molecule has 0 saturated heterocycles. The van der Waals surface area contributed by atoms with E-state index in [4.69, 9.17) is 5.11 Å². The van der Waals surface area contributed by atoms with E-state index in [1.54, 1.807) is 19.1 Å². The van der Waals surface area contributed by atoms with Crippen LogP contribution in [0, 0.1) is 12.7 Å². The minimum Gasteiger partial charge on any atom is -0.480 e. The van der Waals surface area contributed by atoms with E-state index in [0.29, 0.717) is 18.4 Å². The van der Waals surface area contributed by atoms with Crippen LogP contribution in [-0.4, -0.2) is 22.5 Å². The molecule has 1 saturated carbocycles. The fourth-order valence-corrected chi connectivity index (χ4v) is 1.62. The van der Waals surface area contributed by atoms with E-state index in [9.17, 15) is 14.0 Å². The van der Waals surface area contributed by atoms with Crippen molar-refractivity contribution in [1.29, 1.82) is 0 Å². The summed E-state index contributed by atoms with van der Waals surface area (Å²) in [6.45, 7) is 1.55. The second-order valence-corrected chi connectivity index (χ2v) is 4.28. The molecule has 17 heavy (non-hydrogen) atoms. The first-order valence-electron chi connectivity index (χ1n) is 5.27. The number of carboxylic acid groups (broad SMARTS) is 1. The molecule has 90 valence electrons. The second-order valence-electron chi connectivity index (χ2n) is 4.28. The van der Waals surface area contributed by atoms with Crippen LogP contribution in [0.15, 0.2) is 18.2 Å². The molecule has 1 amide bonds. The van der Waals surface area contributed by atoms with Crippen LogP contribution >= 0.6 is 0 Å². The smallest absolute Gasteiger partial charge is 0.329 e. The fourth-order valence-electron chi connectivity index (χ4n) is 1.62. The van der Waals surface area contributed by atoms with Crippen LogP contribution in [-0.2, 0) is 4.79 Å². The third kappa shape index (κ3) is 2.00. The average Bonchev–Trinajstić information content (AvgIpc) is 3.03. The second kappa shape index (κ2) is 3.84. The van der Waals surface area contributed by atoms with Gasteiger partial charge in [0.2, 0.25) is 0 Å². The molecule has 0 aliphatic heterocycles. The Balaban J connectivity index is 2.21. The van der Waals surface area contributed by atoms with Crippen LogP contribution in [0.2, 0.25) is 0 Å². The van der Waals surface area contributed by atoms with Gasteiger partial charge in [0.15, 0.2) is 0 Å². The van der Waals surface area contributed by atoms with Crippen molar-refractivity contribution in [3.8, 4) is 0 Å². The molecule has 0 atom stereocenters. The van der Waals surface area contributed by atoms with E-state index < -0.39 is 23.2 Å². The zero-order chi connectivity index (χ0) is 12.6. The molecule has 0 unspecified atom stereocenters.